The van der Waals surface area contributed by atoms with Gasteiger partial charge in [-0.15, -0.1) is 0 Å². The lowest BCUT2D eigenvalue weighted by molar-refractivity contribution is 0.627. The average molecular weight is 173 g/mol. The van der Waals surface area contributed by atoms with Crippen LogP contribution in [0.3, 0.4) is 0 Å². The molecular formula is C8H8ClFN. The second-order valence-electron chi connectivity index (χ2n) is 2.28. The molecule has 2 N–H and O–H groups in total. The van der Waals surface area contributed by atoms with Crippen LogP contribution in [0.5, 0.6) is 0 Å². The van der Waals surface area contributed by atoms with E-state index < -0.39 is 5.82 Å². The van der Waals surface area contributed by atoms with Gasteiger partial charge in [0.1, 0.15) is 5.82 Å². The summed E-state index contributed by atoms with van der Waals surface area (Å²) in [6.07, 6.45) is 0. The fourth-order valence-electron chi connectivity index (χ4n) is 0.743. The normalized spacial score (nSPS) is 13.1. The molecule has 0 amide bonds. The van der Waals surface area contributed by atoms with E-state index in [1.807, 2.05) is 0 Å². The molecule has 0 bridgehead atoms. The molecular weight excluding hydrogens is 165 g/mol. The van der Waals surface area contributed by atoms with E-state index in [0.717, 1.165) is 5.56 Å². The quantitative estimate of drug-likeness (QED) is 0.691. The molecule has 3 heteroatoms. The summed E-state index contributed by atoms with van der Waals surface area (Å²) in [5.74, 6) is -0.434. The first-order valence-corrected chi connectivity index (χ1v) is 3.52. The highest BCUT2D eigenvalue weighted by Gasteiger charge is 2.03. The fraction of sp³-hybridized carbons (Fsp3) is 0.125. The van der Waals surface area contributed by atoms with Crippen LogP contribution in [0.25, 0.3) is 0 Å². The lowest BCUT2D eigenvalue weighted by Gasteiger charge is -2.04. The van der Waals surface area contributed by atoms with E-state index in [1.54, 1.807) is 6.07 Å². The summed E-state index contributed by atoms with van der Waals surface area (Å²) in [5.41, 5.74) is 6.17. The molecule has 0 saturated carbocycles. The summed E-state index contributed by atoms with van der Waals surface area (Å²) in [4.78, 5) is 0. The van der Waals surface area contributed by atoms with Crippen molar-refractivity contribution in [1.29, 1.82) is 0 Å². The maximum Gasteiger partial charge on any atom is 0.141 e. The zero-order valence-corrected chi connectivity index (χ0v) is 6.61. The van der Waals surface area contributed by atoms with E-state index in [9.17, 15) is 4.39 Å². The molecule has 59 valence electrons. The van der Waals surface area contributed by atoms with Crippen LogP contribution in [0.4, 0.5) is 4.39 Å². The Hall–Kier alpha value is -0.600. The zero-order valence-electron chi connectivity index (χ0n) is 5.85. The standard InChI is InChI=1S/C8H8ClFN/c1-5(11)6-2-3-8(10)7(9)4-6/h2-5H,1,11H2. The van der Waals surface area contributed by atoms with Crippen LogP contribution in [-0.4, -0.2) is 0 Å². The molecule has 0 saturated heterocycles. The van der Waals surface area contributed by atoms with Gasteiger partial charge in [-0.2, -0.15) is 0 Å². The van der Waals surface area contributed by atoms with Gasteiger partial charge in [0.2, 0.25) is 0 Å². The van der Waals surface area contributed by atoms with Crippen LogP contribution in [0.2, 0.25) is 5.02 Å². The first kappa shape index (κ1) is 8.50. The minimum absolute atomic E-state index is 0.0848. The van der Waals surface area contributed by atoms with E-state index in [1.165, 1.54) is 12.1 Å². The largest absolute Gasteiger partial charge is 0.324 e. The molecule has 1 atom stereocenters. The molecule has 0 aromatic heterocycles. The average Bonchev–Trinajstić information content (AvgIpc) is 1.94. The molecule has 0 aliphatic heterocycles. The number of rotatable bonds is 1. The molecule has 1 unspecified atom stereocenters. The summed E-state index contributed by atoms with van der Waals surface area (Å²) in [5, 5.41) is 0.0848. The summed E-state index contributed by atoms with van der Waals surface area (Å²) >= 11 is 5.50. The van der Waals surface area contributed by atoms with Gasteiger partial charge in [0.15, 0.2) is 0 Å². The van der Waals surface area contributed by atoms with Crippen molar-refractivity contribution in [3.05, 3.63) is 41.5 Å². The maximum absolute atomic E-state index is 12.6. The number of nitrogens with two attached hydrogens (primary N) is 1. The molecule has 0 aliphatic carbocycles. The predicted molar refractivity (Wildman–Crippen MR) is 43.7 cm³/mol. The Labute approximate surface area is 70.0 Å². The zero-order chi connectivity index (χ0) is 8.43. The van der Waals surface area contributed by atoms with E-state index in [2.05, 4.69) is 6.92 Å². The van der Waals surface area contributed by atoms with Crippen LogP contribution < -0.4 is 5.73 Å². The van der Waals surface area contributed by atoms with Crippen molar-refractivity contribution < 1.29 is 4.39 Å². The van der Waals surface area contributed by atoms with Gasteiger partial charge in [-0.1, -0.05) is 17.7 Å². The van der Waals surface area contributed by atoms with E-state index in [-0.39, 0.29) is 11.1 Å². The Morgan fingerprint density at radius 3 is 2.64 bits per heavy atom. The first-order valence-electron chi connectivity index (χ1n) is 3.15. The van der Waals surface area contributed by atoms with Crippen molar-refractivity contribution in [2.75, 3.05) is 0 Å². The Morgan fingerprint density at radius 2 is 2.18 bits per heavy atom. The maximum atomic E-state index is 12.6. The van der Waals surface area contributed by atoms with Crippen molar-refractivity contribution >= 4 is 11.6 Å². The highest BCUT2D eigenvalue weighted by Crippen LogP contribution is 2.18. The Bertz CT molecular complexity index is 260. The second-order valence-corrected chi connectivity index (χ2v) is 2.69. The Kier molecular flexibility index (Phi) is 2.47. The highest BCUT2D eigenvalue weighted by atomic mass is 35.5. The minimum Gasteiger partial charge on any atom is -0.324 e. The Morgan fingerprint density at radius 1 is 1.55 bits per heavy atom. The summed E-state index contributed by atoms with van der Waals surface area (Å²) in [6, 6.07) is 3.98. The smallest absolute Gasteiger partial charge is 0.141 e. The van der Waals surface area contributed by atoms with Gasteiger partial charge < -0.3 is 5.73 Å². The molecule has 1 aromatic carbocycles. The van der Waals surface area contributed by atoms with Crippen LogP contribution in [0, 0.1) is 12.7 Å². The van der Waals surface area contributed by atoms with E-state index in [4.69, 9.17) is 17.3 Å². The predicted octanol–water partition coefficient (Wildman–Crippen LogP) is 2.31. The highest BCUT2D eigenvalue weighted by molar-refractivity contribution is 6.30. The number of halogens is 2. The van der Waals surface area contributed by atoms with Gasteiger partial charge in [-0.05, 0) is 24.6 Å². The molecule has 1 rings (SSSR count). The van der Waals surface area contributed by atoms with E-state index in [0.29, 0.717) is 0 Å². The van der Waals surface area contributed by atoms with Crippen LogP contribution in [0.15, 0.2) is 18.2 Å². The molecule has 0 spiro atoms. The number of hydrogen-bond acceptors (Lipinski definition) is 1. The lowest BCUT2D eigenvalue weighted by atomic mass is 10.1. The van der Waals surface area contributed by atoms with Gasteiger partial charge in [-0.25, -0.2) is 4.39 Å². The van der Waals surface area contributed by atoms with Gasteiger partial charge in [0, 0.05) is 6.04 Å². The molecule has 1 nitrogen and oxygen atoms in total. The van der Waals surface area contributed by atoms with Crippen LogP contribution >= 0.6 is 11.6 Å². The SMILES string of the molecule is [CH2]C(N)c1ccc(F)c(Cl)c1. The molecule has 1 aromatic rings. The topological polar surface area (TPSA) is 26.0 Å². The Balaban J connectivity index is 3.05. The molecule has 1 radical (unpaired) electrons. The van der Waals surface area contributed by atoms with Crippen LogP contribution in [0.1, 0.15) is 11.6 Å². The van der Waals surface area contributed by atoms with Gasteiger partial charge in [-0.3, -0.25) is 0 Å². The third-order valence-corrected chi connectivity index (χ3v) is 1.66. The monoisotopic (exact) mass is 172 g/mol. The minimum atomic E-state index is -0.434. The van der Waals surface area contributed by atoms with E-state index >= 15 is 0 Å². The summed E-state index contributed by atoms with van der Waals surface area (Å²) < 4.78 is 12.6. The second kappa shape index (κ2) is 3.20. The van der Waals surface area contributed by atoms with Crippen molar-refractivity contribution in [1.82, 2.24) is 0 Å². The third kappa shape index (κ3) is 1.91. The molecule has 0 aliphatic rings. The molecule has 11 heavy (non-hydrogen) atoms. The van der Waals surface area contributed by atoms with Crippen molar-refractivity contribution in [2.24, 2.45) is 5.73 Å². The van der Waals surface area contributed by atoms with Crippen molar-refractivity contribution in [3.8, 4) is 0 Å². The number of hydrogen-bond donors (Lipinski definition) is 1. The molecule has 0 heterocycles. The first-order chi connectivity index (χ1) is 5.11. The van der Waals surface area contributed by atoms with Gasteiger partial charge >= 0.3 is 0 Å². The molecule has 0 fully saturated rings. The fourth-order valence-corrected chi connectivity index (χ4v) is 0.932. The van der Waals surface area contributed by atoms with Crippen molar-refractivity contribution in [3.63, 3.8) is 0 Å². The van der Waals surface area contributed by atoms with Gasteiger partial charge in [0.05, 0.1) is 5.02 Å². The van der Waals surface area contributed by atoms with Crippen LogP contribution in [-0.2, 0) is 0 Å². The summed E-state index contributed by atoms with van der Waals surface area (Å²) in [6.45, 7) is 3.58. The third-order valence-electron chi connectivity index (χ3n) is 1.37. The van der Waals surface area contributed by atoms with Gasteiger partial charge in [0.25, 0.3) is 0 Å². The van der Waals surface area contributed by atoms with Crippen molar-refractivity contribution in [2.45, 2.75) is 6.04 Å². The lowest BCUT2D eigenvalue weighted by Crippen LogP contribution is -2.05. The number of benzene rings is 1. The summed E-state index contributed by atoms with van der Waals surface area (Å²) in [7, 11) is 0.